The summed E-state index contributed by atoms with van der Waals surface area (Å²) in [7, 11) is 1.22. The number of methoxy groups -OCH3 is 1. The highest BCUT2D eigenvalue weighted by Crippen LogP contribution is 2.41. The van der Waals surface area contributed by atoms with Gasteiger partial charge in [0.2, 0.25) is 0 Å². The number of hydrogen-bond acceptors (Lipinski definition) is 7. The standard InChI is InChI=1S/C17H20N2O4S/c1-4-23-17(21)14(10-19)15(24-3)12-8-6-5-7-11(12)13(9-18)16(20)22-2/h12H,4-8H2,1-3H3/b13-11+,15-14+/t12-/m0/s1. The van der Waals surface area contributed by atoms with Crippen LogP contribution >= 0.6 is 11.8 Å². The second kappa shape index (κ2) is 9.79. The number of thioether (sulfide) groups is 1. The number of hydrogen-bond donors (Lipinski definition) is 0. The van der Waals surface area contributed by atoms with Crippen LogP contribution in [0, 0.1) is 28.6 Å². The van der Waals surface area contributed by atoms with Gasteiger partial charge < -0.3 is 9.47 Å². The molecule has 0 saturated heterocycles. The van der Waals surface area contributed by atoms with Crippen molar-refractivity contribution < 1.29 is 19.1 Å². The normalized spacial score (nSPS) is 20.1. The van der Waals surface area contributed by atoms with Gasteiger partial charge in [-0.05, 0) is 38.0 Å². The number of ether oxygens (including phenoxy) is 2. The van der Waals surface area contributed by atoms with Crippen LogP contribution in [-0.4, -0.2) is 31.9 Å². The molecule has 128 valence electrons. The van der Waals surface area contributed by atoms with Crippen molar-refractivity contribution in [3.05, 3.63) is 21.6 Å². The molecule has 0 heterocycles. The van der Waals surface area contributed by atoms with E-state index in [4.69, 9.17) is 9.47 Å². The first-order valence-corrected chi connectivity index (χ1v) is 8.84. The van der Waals surface area contributed by atoms with Gasteiger partial charge in [-0.3, -0.25) is 0 Å². The topological polar surface area (TPSA) is 100 Å². The first-order valence-electron chi connectivity index (χ1n) is 7.62. The molecule has 7 heteroatoms. The maximum Gasteiger partial charge on any atom is 0.349 e. The molecule has 0 amide bonds. The van der Waals surface area contributed by atoms with Crippen LogP contribution in [-0.2, 0) is 19.1 Å². The van der Waals surface area contributed by atoms with E-state index in [1.165, 1.54) is 18.9 Å². The van der Waals surface area contributed by atoms with Gasteiger partial charge in [0, 0.05) is 10.8 Å². The van der Waals surface area contributed by atoms with E-state index >= 15 is 0 Å². The zero-order valence-corrected chi connectivity index (χ0v) is 14.9. The van der Waals surface area contributed by atoms with Crippen molar-refractivity contribution >= 4 is 23.7 Å². The minimum atomic E-state index is -0.686. The van der Waals surface area contributed by atoms with E-state index in [0.717, 1.165) is 12.8 Å². The number of nitriles is 2. The third kappa shape index (κ3) is 4.39. The second-order valence-electron chi connectivity index (χ2n) is 5.08. The highest BCUT2D eigenvalue weighted by atomic mass is 32.2. The van der Waals surface area contributed by atoms with Gasteiger partial charge in [-0.25, -0.2) is 9.59 Å². The van der Waals surface area contributed by atoms with Crippen LogP contribution < -0.4 is 0 Å². The predicted octanol–water partition coefficient (Wildman–Crippen LogP) is 2.87. The minimum absolute atomic E-state index is 0.0325. The summed E-state index contributed by atoms with van der Waals surface area (Å²) < 4.78 is 9.65. The average Bonchev–Trinajstić information content (AvgIpc) is 2.60. The van der Waals surface area contributed by atoms with Crippen LogP contribution in [0.3, 0.4) is 0 Å². The Hall–Kier alpha value is -2.25. The van der Waals surface area contributed by atoms with Gasteiger partial charge >= 0.3 is 11.9 Å². The lowest BCUT2D eigenvalue weighted by atomic mass is 9.80. The molecule has 1 aliphatic carbocycles. The van der Waals surface area contributed by atoms with E-state index in [0.29, 0.717) is 23.3 Å². The largest absolute Gasteiger partial charge is 0.465 e. The Balaban J connectivity index is 3.48. The molecule has 6 nitrogen and oxygen atoms in total. The van der Waals surface area contributed by atoms with Crippen LogP contribution in [0.5, 0.6) is 0 Å². The van der Waals surface area contributed by atoms with Crippen LogP contribution in [0.25, 0.3) is 0 Å². The summed E-state index contributed by atoms with van der Waals surface area (Å²) in [5, 5.41) is 18.8. The van der Waals surface area contributed by atoms with Crippen molar-refractivity contribution in [2.45, 2.75) is 32.6 Å². The van der Waals surface area contributed by atoms with Gasteiger partial charge in [-0.2, -0.15) is 10.5 Å². The van der Waals surface area contributed by atoms with Crippen molar-refractivity contribution in [1.29, 1.82) is 10.5 Å². The third-order valence-electron chi connectivity index (χ3n) is 3.81. The molecule has 24 heavy (non-hydrogen) atoms. The first-order chi connectivity index (χ1) is 11.5. The fourth-order valence-corrected chi connectivity index (χ4v) is 3.65. The lowest BCUT2D eigenvalue weighted by molar-refractivity contribution is -0.138. The Morgan fingerprint density at radius 3 is 2.46 bits per heavy atom. The zero-order chi connectivity index (χ0) is 18.1. The van der Waals surface area contributed by atoms with Crippen molar-refractivity contribution in [3.8, 4) is 12.1 Å². The fraction of sp³-hybridized carbons (Fsp3) is 0.529. The summed E-state index contributed by atoms with van der Waals surface area (Å²) >= 11 is 1.27. The van der Waals surface area contributed by atoms with Crippen LogP contribution in [0.1, 0.15) is 32.6 Å². The molecular weight excluding hydrogens is 328 g/mol. The van der Waals surface area contributed by atoms with Gasteiger partial charge in [0.1, 0.15) is 23.3 Å². The van der Waals surface area contributed by atoms with Gasteiger partial charge in [0.05, 0.1) is 13.7 Å². The smallest absolute Gasteiger partial charge is 0.349 e. The van der Waals surface area contributed by atoms with Crippen LogP contribution in [0.2, 0.25) is 0 Å². The molecule has 1 saturated carbocycles. The van der Waals surface area contributed by atoms with Gasteiger partial charge in [-0.1, -0.05) is 6.42 Å². The van der Waals surface area contributed by atoms with Gasteiger partial charge in [0.25, 0.3) is 0 Å². The molecule has 0 spiro atoms. The van der Waals surface area contributed by atoms with Gasteiger partial charge in [0.15, 0.2) is 0 Å². The molecule has 1 aliphatic rings. The molecule has 0 radical (unpaired) electrons. The maximum atomic E-state index is 12.1. The summed E-state index contributed by atoms with van der Waals surface area (Å²) in [5.74, 6) is -1.68. The number of allylic oxidation sites excluding steroid dienone is 2. The van der Waals surface area contributed by atoms with E-state index < -0.39 is 11.9 Å². The summed E-state index contributed by atoms with van der Waals surface area (Å²) in [6.07, 6.45) is 4.73. The average molecular weight is 348 g/mol. The van der Waals surface area contributed by atoms with E-state index in [1.807, 2.05) is 12.1 Å². The summed E-state index contributed by atoms with van der Waals surface area (Å²) in [4.78, 5) is 24.5. The number of rotatable bonds is 5. The summed E-state index contributed by atoms with van der Waals surface area (Å²) in [6, 6.07) is 3.84. The third-order valence-corrected chi connectivity index (χ3v) is 4.73. The van der Waals surface area contributed by atoms with Crippen molar-refractivity contribution in [2.75, 3.05) is 20.0 Å². The molecule has 0 aliphatic heterocycles. The Morgan fingerprint density at radius 2 is 1.96 bits per heavy atom. The SMILES string of the molecule is CCOC(=O)/C(C#N)=C(/SC)[C@H]1CCCC/C1=C(/C#N)C(=O)OC. The van der Waals surface area contributed by atoms with Crippen molar-refractivity contribution in [1.82, 2.24) is 0 Å². The molecule has 0 bridgehead atoms. The minimum Gasteiger partial charge on any atom is -0.465 e. The van der Waals surface area contributed by atoms with E-state index in [-0.39, 0.29) is 23.7 Å². The second-order valence-corrected chi connectivity index (χ2v) is 5.93. The Morgan fingerprint density at radius 1 is 1.25 bits per heavy atom. The lowest BCUT2D eigenvalue weighted by Crippen LogP contribution is -2.20. The van der Waals surface area contributed by atoms with Crippen molar-refractivity contribution in [3.63, 3.8) is 0 Å². The summed E-state index contributed by atoms with van der Waals surface area (Å²) in [6.45, 7) is 1.84. The molecule has 1 rings (SSSR count). The van der Waals surface area contributed by atoms with E-state index in [2.05, 4.69) is 0 Å². The quantitative estimate of drug-likeness (QED) is 0.428. The Bertz CT molecular complexity index is 652. The Labute approximate surface area is 146 Å². The fourth-order valence-electron chi connectivity index (χ4n) is 2.77. The van der Waals surface area contributed by atoms with E-state index in [9.17, 15) is 20.1 Å². The van der Waals surface area contributed by atoms with Gasteiger partial charge in [-0.15, -0.1) is 11.8 Å². The molecule has 0 aromatic carbocycles. The monoisotopic (exact) mass is 348 g/mol. The number of esters is 2. The predicted molar refractivity (Wildman–Crippen MR) is 89.4 cm³/mol. The molecular formula is C17H20N2O4S. The number of carbonyl (C=O) groups excluding carboxylic acids is 2. The van der Waals surface area contributed by atoms with Crippen LogP contribution in [0.15, 0.2) is 21.6 Å². The highest BCUT2D eigenvalue weighted by molar-refractivity contribution is 8.02. The maximum absolute atomic E-state index is 12.1. The molecule has 0 unspecified atom stereocenters. The number of carbonyl (C=O) groups is 2. The van der Waals surface area contributed by atoms with Crippen molar-refractivity contribution in [2.24, 2.45) is 5.92 Å². The molecule has 1 atom stereocenters. The lowest BCUT2D eigenvalue weighted by Gasteiger charge is -2.28. The molecule has 0 aromatic heterocycles. The summed E-state index contributed by atoms with van der Waals surface area (Å²) in [5.41, 5.74) is 0.544. The molecule has 0 N–H and O–H groups in total. The molecule has 0 aromatic rings. The number of nitrogens with zero attached hydrogens (tertiary/aromatic N) is 2. The van der Waals surface area contributed by atoms with E-state index in [1.54, 1.807) is 13.2 Å². The van der Waals surface area contributed by atoms with Crippen LogP contribution in [0.4, 0.5) is 0 Å². The highest BCUT2D eigenvalue weighted by Gasteiger charge is 2.32. The Kier molecular flexibility index (Phi) is 8.08. The molecule has 1 fully saturated rings. The zero-order valence-electron chi connectivity index (χ0n) is 14.0. The first kappa shape index (κ1) is 19.8.